The molecule has 0 aliphatic carbocycles. The van der Waals surface area contributed by atoms with Crippen molar-refractivity contribution in [3.63, 3.8) is 0 Å². The Kier molecular flexibility index (Phi) is 5.13. The van der Waals surface area contributed by atoms with Crippen molar-refractivity contribution < 1.29 is 4.74 Å². The second-order valence-corrected chi connectivity index (χ2v) is 7.65. The fourth-order valence-corrected chi connectivity index (χ4v) is 4.24. The SMILES string of the molecule is c1ccc2c(N3CCC[C@@H](Nc4nccc(N5CCOCC5)n4)C3)cncc2c1. The minimum Gasteiger partial charge on any atom is -0.378 e. The van der Waals surface area contributed by atoms with Gasteiger partial charge in [-0.1, -0.05) is 24.3 Å². The Bertz CT molecular complexity index is 969. The number of piperidine rings is 1. The van der Waals surface area contributed by atoms with Gasteiger partial charge in [0.15, 0.2) is 0 Å². The number of ether oxygens (including phenoxy) is 1. The van der Waals surface area contributed by atoms with Gasteiger partial charge in [-0.05, 0) is 18.9 Å². The summed E-state index contributed by atoms with van der Waals surface area (Å²) in [4.78, 5) is 18.4. The highest BCUT2D eigenvalue weighted by atomic mass is 16.5. The lowest BCUT2D eigenvalue weighted by Gasteiger charge is -2.35. The molecule has 0 amide bonds. The predicted octanol–water partition coefficient (Wildman–Crippen LogP) is 2.94. The Hall–Kier alpha value is -2.93. The van der Waals surface area contributed by atoms with E-state index in [1.54, 1.807) is 0 Å². The van der Waals surface area contributed by atoms with Crippen molar-refractivity contribution in [3.05, 3.63) is 48.9 Å². The summed E-state index contributed by atoms with van der Waals surface area (Å²) in [5, 5.41) is 6.01. The molecule has 2 aliphatic heterocycles. The molecule has 4 heterocycles. The Balaban J connectivity index is 1.31. The first kappa shape index (κ1) is 18.1. The molecule has 1 aromatic carbocycles. The van der Waals surface area contributed by atoms with E-state index in [1.165, 1.54) is 16.5 Å². The third-order valence-electron chi connectivity index (χ3n) is 5.72. The van der Waals surface area contributed by atoms with Crippen molar-refractivity contribution in [1.29, 1.82) is 0 Å². The summed E-state index contributed by atoms with van der Waals surface area (Å²) in [5.41, 5.74) is 1.21. The summed E-state index contributed by atoms with van der Waals surface area (Å²) in [6.07, 6.45) is 8.00. The third-order valence-corrected chi connectivity index (χ3v) is 5.72. The van der Waals surface area contributed by atoms with Crippen LogP contribution < -0.4 is 15.1 Å². The smallest absolute Gasteiger partial charge is 0.224 e. The molecule has 0 unspecified atom stereocenters. The number of hydrogen-bond donors (Lipinski definition) is 1. The van der Waals surface area contributed by atoms with Crippen LogP contribution in [0.5, 0.6) is 0 Å². The van der Waals surface area contributed by atoms with Crippen molar-refractivity contribution >= 4 is 28.2 Å². The monoisotopic (exact) mass is 390 g/mol. The molecule has 0 bridgehead atoms. The van der Waals surface area contributed by atoms with E-state index in [0.29, 0.717) is 12.0 Å². The number of fused-ring (bicyclic) bond motifs is 1. The number of morpholine rings is 1. The van der Waals surface area contributed by atoms with E-state index in [9.17, 15) is 0 Å². The van der Waals surface area contributed by atoms with Crippen LogP contribution in [0.3, 0.4) is 0 Å². The number of pyridine rings is 1. The number of nitrogens with zero attached hydrogens (tertiary/aromatic N) is 5. The van der Waals surface area contributed by atoms with Crippen molar-refractivity contribution in [2.75, 3.05) is 54.5 Å². The second-order valence-electron chi connectivity index (χ2n) is 7.65. The quantitative estimate of drug-likeness (QED) is 0.735. The van der Waals surface area contributed by atoms with Crippen molar-refractivity contribution in [3.8, 4) is 0 Å². The maximum absolute atomic E-state index is 5.45. The van der Waals surface area contributed by atoms with Gasteiger partial charge in [0, 0.05) is 55.4 Å². The summed E-state index contributed by atoms with van der Waals surface area (Å²) >= 11 is 0. The minimum absolute atomic E-state index is 0.308. The molecule has 29 heavy (non-hydrogen) atoms. The molecule has 2 aromatic heterocycles. The van der Waals surface area contributed by atoms with E-state index < -0.39 is 0 Å². The predicted molar refractivity (Wildman–Crippen MR) is 116 cm³/mol. The lowest BCUT2D eigenvalue weighted by atomic mass is 10.0. The number of aromatic nitrogens is 3. The van der Waals surface area contributed by atoms with Gasteiger partial charge < -0.3 is 19.9 Å². The maximum Gasteiger partial charge on any atom is 0.224 e. The zero-order valence-corrected chi connectivity index (χ0v) is 16.5. The molecular weight excluding hydrogens is 364 g/mol. The molecule has 5 rings (SSSR count). The van der Waals surface area contributed by atoms with Gasteiger partial charge >= 0.3 is 0 Å². The molecule has 2 fully saturated rings. The number of benzene rings is 1. The lowest BCUT2D eigenvalue weighted by molar-refractivity contribution is 0.122. The highest BCUT2D eigenvalue weighted by molar-refractivity contribution is 5.93. The topological polar surface area (TPSA) is 66.4 Å². The van der Waals surface area contributed by atoms with E-state index in [0.717, 1.165) is 58.1 Å². The van der Waals surface area contributed by atoms with E-state index in [1.807, 2.05) is 24.7 Å². The maximum atomic E-state index is 5.45. The lowest BCUT2D eigenvalue weighted by Crippen LogP contribution is -2.42. The Morgan fingerprint density at radius 3 is 2.83 bits per heavy atom. The fourth-order valence-electron chi connectivity index (χ4n) is 4.24. The molecule has 1 atom stereocenters. The van der Waals surface area contributed by atoms with Gasteiger partial charge in [0.2, 0.25) is 5.95 Å². The summed E-state index contributed by atoms with van der Waals surface area (Å²) in [6.45, 7) is 5.22. The van der Waals surface area contributed by atoms with Gasteiger partial charge in [0.25, 0.3) is 0 Å². The molecule has 0 spiro atoms. The number of anilines is 3. The van der Waals surface area contributed by atoms with Crippen molar-refractivity contribution in [2.45, 2.75) is 18.9 Å². The summed E-state index contributed by atoms with van der Waals surface area (Å²) in [5.74, 6) is 1.67. The van der Waals surface area contributed by atoms with Gasteiger partial charge in [-0.25, -0.2) is 4.98 Å². The van der Waals surface area contributed by atoms with E-state index >= 15 is 0 Å². The van der Waals surface area contributed by atoms with E-state index in [-0.39, 0.29) is 0 Å². The van der Waals surface area contributed by atoms with Crippen LogP contribution in [0.1, 0.15) is 12.8 Å². The first-order chi connectivity index (χ1) is 14.4. The Morgan fingerprint density at radius 2 is 1.90 bits per heavy atom. The fraction of sp³-hybridized carbons (Fsp3) is 0.409. The molecule has 0 saturated carbocycles. The molecule has 3 aromatic rings. The van der Waals surface area contributed by atoms with Crippen LogP contribution in [0.15, 0.2) is 48.9 Å². The highest BCUT2D eigenvalue weighted by Crippen LogP contribution is 2.28. The normalized spacial score (nSPS) is 20.1. The zero-order valence-electron chi connectivity index (χ0n) is 16.5. The largest absolute Gasteiger partial charge is 0.378 e. The van der Waals surface area contributed by atoms with Crippen LogP contribution in [-0.4, -0.2) is 60.4 Å². The van der Waals surface area contributed by atoms with Gasteiger partial charge in [0.05, 0.1) is 25.1 Å². The Morgan fingerprint density at radius 1 is 1.00 bits per heavy atom. The highest BCUT2D eigenvalue weighted by Gasteiger charge is 2.22. The molecule has 0 radical (unpaired) electrons. The zero-order chi connectivity index (χ0) is 19.5. The standard InChI is InChI=1S/C22H26N6O/c1-2-6-19-17(4-1)14-23-15-20(19)28-9-3-5-18(16-28)25-22-24-8-7-21(26-22)27-10-12-29-13-11-27/h1-2,4,6-8,14-15,18H,3,5,9-13,16H2,(H,24,25,26)/t18-/m1/s1. The van der Waals surface area contributed by atoms with Crippen LogP contribution >= 0.6 is 0 Å². The summed E-state index contributed by atoms with van der Waals surface area (Å²) in [7, 11) is 0. The van der Waals surface area contributed by atoms with Gasteiger partial charge in [0.1, 0.15) is 5.82 Å². The van der Waals surface area contributed by atoms with Crippen molar-refractivity contribution in [2.24, 2.45) is 0 Å². The number of rotatable bonds is 4. The third kappa shape index (κ3) is 3.96. The Labute approximate surface area is 170 Å². The molecule has 7 heteroatoms. The van der Waals surface area contributed by atoms with E-state index in [2.05, 4.69) is 49.4 Å². The average Bonchev–Trinajstić information content (AvgIpc) is 2.80. The minimum atomic E-state index is 0.308. The van der Waals surface area contributed by atoms with Gasteiger partial charge in [-0.15, -0.1) is 0 Å². The average molecular weight is 390 g/mol. The first-order valence-electron chi connectivity index (χ1n) is 10.4. The second kappa shape index (κ2) is 8.21. The van der Waals surface area contributed by atoms with Crippen LogP contribution in [0, 0.1) is 0 Å². The van der Waals surface area contributed by atoms with Crippen molar-refractivity contribution in [1.82, 2.24) is 15.0 Å². The molecular formula is C22H26N6O. The molecule has 150 valence electrons. The van der Waals surface area contributed by atoms with Gasteiger partial charge in [-0.3, -0.25) is 4.98 Å². The van der Waals surface area contributed by atoms with Crippen LogP contribution in [-0.2, 0) is 4.74 Å². The molecule has 2 saturated heterocycles. The van der Waals surface area contributed by atoms with Crippen LogP contribution in [0.25, 0.3) is 10.8 Å². The number of hydrogen-bond acceptors (Lipinski definition) is 7. The molecule has 7 nitrogen and oxygen atoms in total. The number of nitrogens with one attached hydrogen (secondary N) is 1. The van der Waals surface area contributed by atoms with Crippen LogP contribution in [0.4, 0.5) is 17.5 Å². The van der Waals surface area contributed by atoms with Crippen LogP contribution in [0.2, 0.25) is 0 Å². The molecule has 2 aliphatic rings. The summed E-state index contributed by atoms with van der Waals surface area (Å²) in [6, 6.07) is 10.7. The van der Waals surface area contributed by atoms with Gasteiger partial charge in [-0.2, -0.15) is 4.98 Å². The summed E-state index contributed by atoms with van der Waals surface area (Å²) < 4.78 is 5.45. The molecule has 1 N–H and O–H groups in total. The van der Waals surface area contributed by atoms with E-state index in [4.69, 9.17) is 9.72 Å². The first-order valence-corrected chi connectivity index (χ1v) is 10.4.